The van der Waals surface area contributed by atoms with Gasteiger partial charge in [-0.1, -0.05) is 0 Å². The molecule has 2 amide bonds. The van der Waals surface area contributed by atoms with Gasteiger partial charge in [0.25, 0.3) is 0 Å². The fraction of sp³-hybridized carbons (Fsp3) is 0.692. The van der Waals surface area contributed by atoms with Crippen molar-refractivity contribution in [3.8, 4) is 0 Å². The summed E-state index contributed by atoms with van der Waals surface area (Å²) in [5.41, 5.74) is 1.03. The van der Waals surface area contributed by atoms with Crippen LogP contribution in [0.4, 0.5) is 9.93 Å². The SMILES string of the molecule is O=C(NCCCO)NCCc1csc(N2CCCC2)n1. The molecule has 7 heteroatoms. The van der Waals surface area contributed by atoms with E-state index in [2.05, 4.69) is 25.9 Å². The second-order valence-corrected chi connectivity index (χ2v) is 5.66. The third kappa shape index (κ3) is 4.64. The van der Waals surface area contributed by atoms with Crippen molar-refractivity contribution in [2.24, 2.45) is 0 Å². The highest BCUT2D eigenvalue weighted by atomic mass is 32.1. The molecule has 1 saturated heterocycles. The lowest BCUT2D eigenvalue weighted by molar-refractivity contribution is 0.238. The molecule has 1 fully saturated rings. The summed E-state index contributed by atoms with van der Waals surface area (Å²) >= 11 is 1.68. The van der Waals surface area contributed by atoms with Crippen LogP contribution in [0.1, 0.15) is 25.0 Å². The second-order valence-electron chi connectivity index (χ2n) is 4.83. The van der Waals surface area contributed by atoms with E-state index in [0.717, 1.165) is 30.3 Å². The molecule has 0 spiro atoms. The molecule has 0 aliphatic carbocycles. The molecule has 2 heterocycles. The number of rotatable bonds is 7. The van der Waals surface area contributed by atoms with Crippen LogP contribution in [-0.2, 0) is 6.42 Å². The van der Waals surface area contributed by atoms with Crippen molar-refractivity contribution < 1.29 is 9.90 Å². The summed E-state index contributed by atoms with van der Waals surface area (Å²) in [6, 6.07) is -0.187. The summed E-state index contributed by atoms with van der Waals surface area (Å²) in [5.74, 6) is 0. The minimum atomic E-state index is -0.187. The highest BCUT2D eigenvalue weighted by Crippen LogP contribution is 2.24. The van der Waals surface area contributed by atoms with Crippen molar-refractivity contribution in [1.29, 1.82) is 0 Å². The van der Waals surface area contributed by atoms with E-state index in [-0.39, 0.29) is 12.6 Å². The zero-order valence-electron chi connectivity index (χ0n) is 11.6. The molecule has 6 nitrogen and oxygen atoms in total. The van der Waals surface area contributed by atoms with Crippen LogP contribution in [0.15, 0.2) is 5.38 Å². The van der Waals surface area contributed by atoms with Crippen molar-refractivity contribution in [2.45, 2.75) is 25.7 Å². The summed E-state index contributed by atoms with van der Waals surface area (Å²) < 4.78 is 0. The number of aliphatic hydroxyl groups is 1. The van der Waals surface area contributed by atoms with Crippen LogP contribution < -0.4 is 15.5 Å². The topological polar surface area (TPSA) is 77.5 Å². The van der Waals surface area contributed by atoms with Crippen LogP contribution >= 0.6 is 11.3 Å². The Kier molecular flexibility index (Phi) is 6.07. The number of carbonyl (C=O) groups excluding carboxylic acids is 1. The molecule has 0 aromatic carbocycles. The first-order valence-corrected chi connectivity index (χ1v) is 7.99. The van der Waals surface area contributed by atoms with Gasteiger partial charge in [-0.2, -0.15) is 0 Å². The Balaban J connectivity index is 1.65. The first kappa shape index (κ1) is 15.1. The number of hydrogen-bond donors (Lipinski definition) is 3. The number of aromatic nitrogens is 1. The molecule has 2 rings (SSSR count). The average Bonchev–Trinajstić information content (AvgIpc) is 3.09. The Labute approximate surface area is 123 Å². The molecule has 0 unspecified atom stereocenters. The van der Waals surface area contributed by atoms with E-state index in [0.29, 0.717) is 19.5 Å². The van der Waals surface area contributed by atoms with E-state index in [1.807, 2.05) is 0 Å². The molecule has 1 aromatic rings. The van der Waals surface area contributed by atoms with Gasteiger partial charge in [-0.15, -0.1) is 11.3 Å². The molecule has 20 heavy (non-hydrogen) atoms. The van der Waals surface area contributed by atoms with Gasteiger partial charge in [-0.05, 0) is 19.3 Å². The Hall–Kier alpha value is -1.34. The van der Waals surface area contributed by atoms with Gasteiger partial charge < -0.3 is 20.6 Å². The normalized spacial score (nSPS) is 14.6. The monoisotopic (exact) mass is 298 g/mol. The lowest BCUT2D eigenvalue weighted by atomic mass is 10.3. The molecule has 1 aliphatic rings. The minimum Gasteiger partial charge on any atom is -0.396 e. The van der Waals surface area contributed by atoms with Gasteiger partial charge in [0.05, 0.1) is 5.69 Å². The maximum absolute atomic E-state index is 11.4. The van der Waals surface area contributed by atoms with Crippen LogP contribution in [-0.4, -0.2) is 48.9 Å². The maximum atomic E-state index is 11.4. The largest absolute Gasteiger partial charge is 0.396 e. The van der Waals surface area contributed by atoms with E-state index >= 15 is 0 Å². The van der Waals surface area contributed by atoms with Gasteiger partial charge in [-0.25, -0.2) is 9.78 Å². The number of aliphatic hydroxyl groups excluding tert-OH is 1. The first-order valence-electron chi connectivity index (χ1n) is 7.11. The Morgan fingerprint density at radius 1 is 1.35 bits per heavy atom. The zero-order valence-corrected chi connectivity index (χ0v) is 12.4. The van der Waals surface area contributed by atoms with Crippen molar-refractivity contribution in [2.75, 3.05) is 37.7 Å². The van der Waals surface area contributed by atoms with Crippen molar-refractivity contribution in [1.82, 2.24) is 15.6 Å². The van der Waals surface area contributed by atoms with E-state index in [9.17, 15) is 4.79 Å². The standard InChI is InChI=1S/C13H22N4O2S/c18-9-3-5-14-12(19)15-6-4-11-10-20-13(16-11)17-7-1-2-8-17/h10,18H,1-9H2,(H2,14,15,19). The lowest BCUT2D eigenvalue weighted by Crippen LogP contribution is -2.37. The van der Waals surface area contributed by atoms with Crippen LogP contribution in [0.25, 0.3) is 0 Å². The number of urea groups is 1. The van der Waals surface area contributed by atoms with E-state index in [1.165, 1.54) is 12.8 Å². The highest BCUT2D eigenvalue weighted by Gasteiger charge is 2.15. The number of anilines is 1. The number of carbonyl (C=O) groups is 1. The number of thiazole rings is 1. The van der Waals surface area contributed by atoms with E-state index < -0.39 is 0 Å². The Morgan fingerprint density at radius 3 is 2.85 bits per heavy atom. The summed E-state index contributed by atoms with van der Waals surface area (Å²) in [6.07, 6.45) is 3.84. The molecule has 1 aliphatic heterocycles. The summed E-state index contributed by atoms with van der Waals surface area (Å²) in [5, 5.41) is 17.3. The fourth-order valence-corrected chi connectivity index (χ4v) is 3.03. The second kappa shape index (κ2) is 8.06. The molecule has 112 valence electrons. The third-order valence-electron chi connectivity index (χ3n) is 3.20. The molecule has 3 N–H and O–H groups in total. The first-order chi connectivity index (χ1) is 9.79. The van der Waals surface area contributed by atoms with Gasteiger partial charge in [-0.3, -0.25) is 0 Å². The summed E-state index contributed by atoms with van der Waals surface area (Å²) in [7, 11) is 0. The number of amides is 2. The van der Waals surface area contributed by atoms with Gasteiger partial charge in [0, 0.05) is 44.6 Å². The predicted octanol–water partition coefficient (Wildman–Crippen LogP) is 0.967. The van der Waals surface area contributed by atoms with Crippen LogP contribution in [0.5, 0.6) is 0 Å². The molecule has 1 aromatic heterocycles. The predicted molar refractivity (Wildman–Crippen MR) is 80.4 cm³/mol. The smallest absolute Gasteiger partial charge is 0.314 e. The molecular formula is C13H22N4O2S. The van der Waals surface area contributed by atoms with Crippen molar-refractivity contribution in [3.63, 3.8) is 0 Å². The van der Waals surface area contributed by atoms with Crippen LogP contribution in [0.2, 0.25) is 0 Å². The minimum absolute atomic E-state index is 0.0956. The van der Waals surface area contributed by atoms with Gasteiger partial charge in [0.2, 0.25) is 0 Å². The van der Waals surface area contributed by atoms with Gasteiger partial charge in [0.1, 0.15) is 0 Å². The van der Waals surface area contributed by atoms with E-state index in [1.54, 1.807) is 11.3 Å². The molecule has 0 atom stereocenters. The summed E-state index contributed by atoms with van der Waals surface area (Å²) in [4.78, 5) is 18.3. The van der Waals surface area contributed by atoms with Gasteiger partial charge in [0.15, 0.2) is 5.13 Å². The Bertz CT molecular complexity index is 418. The molecular weight excluding hydrogens is 276 g/mol. The third-order valence-corrected chi connectivity index (χ3v) is 4.15. The van der Waals surface area contributed by atoms with Gasteiger partial charge >= 0.3 is 6.03 Å². The van der Waals surface area contributed by atoms with Crippen molar-refractivity contribution >= 4 is 22.5 Å². The maximum Gasteiger partial charge on any atom is 0.314 e. The number of nitrogens with zero attached hydrogens (tertiary/aromatic N) is 2. The molecule has 0 radical (unpaired) electrons. The number of hydrogen-bond acceptors (Lipinski definition) is 5. The van der Waals surface area contributed by atoms with Crippen LogP contribution in [0.3, 0.4) is 0 Å². The average molecular weight is 298 g/mol. The van der Waals surface area contributed by atoms with Crippen molar-refractivity contribution in [3.05, 3.63) is 11.1 Å². The number of nitrogens with one attached hydrogen (secondary N) is 2. The highest BCUT2D eigenvalue weighted by molar-refractivity contribution is 7.13. The van der Waals surface area contributed by atoms with Crippen LogP contribution in [0, 0.1) is 0 Å². The Morgan fingerprint density at radius 2 is 2.10 bits per heavy atom. The van der Waals surface area contributed by atoms with E-state index in [4.69, 9.17) is 5.11 Å². The lowest BCUT2D eigenvalue weighted by Gasteiger charge is -2.12. The molecule has 0 saturated carbocycles. The molecule has 0 bridgehead atoms. The zero-order chi connectivity index (χ0) is 14.2. The summed E-state index contributed by atoms with van der Waals surface area (Å²) in [6.45, 7) is 3.39. The fourth-order valence-electron chi connectivity index (χ4n) is 2.11. The quantitative estimate of drug-likeness (QED) is 0.656.